The van der Waals surface area contributed by atoms with E-state index < -0.39 is 32.5 Å². The van der Waals surface area contributed by atoms with Crippen molar-refractivity contribution in [2.75, 3.05) is 47.5 Å². The van der Waals surface area contributed by atoms with Gasteiger partial charge in [0.15, 0.2) is 6.10 Å². The molecule has 422 valence electrons. The number of esters is 2. The van der Waals surface area contributed by atoms with Crippen LogP contribution in [0.5, 0.6) is 0 Å². The van der Waals surface area contributed by atoms with Gasteiger partial charge in [-0.3, -0.25) is 18.6 Å². The Hall–Kier alpha value is -5.15. The molecule has 0 aromatic carbocycles. The van der Waals surface area contributed by atoms with Crippen LogP contribution in [0.1, 0.15) is 155 Å². The number of allylic oxidation sites excluding steroid dienone is 32. The standard InChI is InChI=1S/C66H100NO8P/c1-6-8-10-12-14-16-18-20-22-24-26-27-28-29-30-31-32-33-34-35-36-37-38-39-41-43-45-47-49-51-53-55-57-59-66(69)75-64(63-74-76(70,71)73-61-60-67(3,4)5)62-72-65(68)58-56-54-52-50-48-46-44-42-40-25-23-21-19-17-15-13-11-9-7-2/h8-11,14-17,20-23,26-27,29-30,32-33,35-36,38-40,42-43,45-46,48-49,51-52,54,64H,6-7,12-13,18-19,24-25,28,31,34,37,41,44,47,50,53,55-63H2,1-5H3/p+1/b10-8-,11-9-,16-14-,17-15-,22-20-,23-21-,27-26-,30-29-,33-32-,36-35-,39-38-,42-40-,45-43-,48-46-,51-49-,54-52-. The molecule has 0 aromatic rings. The van der Waals surface area contributed by atoms with Crippen LogP contribution in [0.4, 0.5) is 0 Å². The van der Waals surface area contributed by atoms with Crippen molar-refractivity contribution >= 4 is 19.8 Å². The zero-order chi connectivity index (χ0) is 55.6. The molecule has 76 heavy (non-hydrogen) atoms. The van der Waals surface area contributed by atoms with Crippen LogP contribution in [0.3, 0.4) is 0 Å². The Morgan fingerprint density at radius 3 is 1.05 bits per heavy atom. The van der Waals surface area contributed by atoms with Crippen LogP contribution in [0.2, 0.25) is 0 Å². The fourth-order valence-electron chi connectivity index (χ4n) is 6.36. The van der Waals surface area contributed by atoms with E-state index in [-0.39, 0.29) is 26.1 Å². The lowest BCUT2D eigenvalue weighted by Crippen LogP contribution is -2.37. The van der Waals surface area contributed by atoms with Crippen LogP contribution in [-0.4, -0.2) is 74.9 Å². The molecule has 2 atom stereocenters. The molecular weight excluding hydrogens is 966 g/mol. The summed E-state index contributed by atoms with van der Waals surface area (Å²) in [6.07, 6.45) is 86.6. The maximum Gasteiger partial charge on any atom is 0.472 e. The quantitative estimate of drug-likeness (QED) is 0.0211. The van der Waals surface area contributed by atoms with E-state index in [1.165, 1.54) is 0 Å². The molecule has 10 heteroatoms. The summed E-state index contributed by atoms with van der Waals surface area (Å²) >= 11 is 0. The normalized spacial score (nSPS) is 14.8. The van der Waals surface area contributed by atoms with Gasteiger partial charge in [0.05, 0.1) is 27.7 Å². The number of likely N-dealkylation sites (N-methyl/N-ethyl adjacent to an activating group) is 1. The maximum atomic E-state index is 12.8. The molecule has 0 aliphatic heterocycles. The highest BCUT2D eigenvalue weighted by Gasteiger charge is 2.27. The fraction of sp³-hybridized carbons (Fsp3) is 0.485. The average molecular weight is 1070 g/mol. The van der Waals surface area contributed by atoms with Crippen molar-refractivity contribution in [1.82, 2.24) is 0 Å². The number of carbonyl (C=O) groups is 2. The summed E-state index contributed by atoms with van der Waals surface area (Å²) in [5.41, 5.74) is 0. The van der Waals surface area contributed by atoms with Crippen molar-refractivity contribution in [3.05, 3.63) is 194 Å². The predicted octanol–water partition coefficient (Wildman–Crippen LogP) is 17.8. The Morgan fingerprint density at radius 2 is 0.724 bits per heavy atom. The summed E-state index contributed by atoms with van der Waals surface area (Å²) in [5, 5.41) is 0. The molecule has 0 bridgehead atoms. The summed E-state index contributed by atoms with van der Waals surface area (Å²) < 4.78 is 34.3. The monoisotopic (exact) mass is 1070 g/mol. The van der Waals surface area contributed by atoms with Gasteiger partial charge >= 0.3 is 19.8 Å². The number of quaternary nitrogens is 1. The molecule has 0 fully saturated rings. The number of carbonyl (C=O) groups excluding carboxylic acids is 2. The Labute approximate surface area is 463 Å². The highest BCUT2D eigenvalue weighted by atomic mass is 31.2. The summed E-state index contributed by atoms with van der Waals surface area (Å²) in [7, 11) is 1.37. The molecule has 0 rings (SSSR count). The molecule has 0 saturated heterocycles. The topological polar surface area (TPSA) is 108 Å². The Bertz CT molecular complexity index is 1980. The lowest BCUT2D eigenvalue weighted by atomic mass is 10.2. The maximum absolute atomic E-state index is 12.8. The minimum absolute atomic E-state index is 0.000857. The van der Waals surface area contributed by atoms with Crippen molar-refractivity contribution in [2.24, 2.45) is 0 Å². The molecule has 0 aliphatic carbocycles. The average Bonchev–Trinajstić information content (AvgIpc) is 3.38. The first kappa shape index (κ1) is 70.8. The minimum Gasteiger partial charge on any atom is -0.462 e. The molecule has 0 radical (unpaired) electrons. The molecule has 0 saturated carbocycles. The molecule has 0 amide bonds. The zero-order valence-electron chi connectivity index (χ0n) is 47.6. The number of hydrogen-bond donors (Lipinski definition) is 1. The van der Waals surface area contributed by atoms with Crippen LogP contribution < -0.4 is 0 Å². The van der Waals surface area contributed by atoms with Gasteiger partial charge < -0.3 is 18.9 Å². The highest BCUT2D eigenvalue weighted by Crippen LogP contribution is 2.43. The Morgan fingerprint density at radius 1 is 0.408 bits per heavy atom. The first-order valence-electron chi connectivity index (χ1n) is 28.2. The van der Waals surface area contributed by atoms with Gasteiger partial charge in [0.25, 0.3) is 0 Å². The predicted molar refractivity (Wildman–Crippen MR) is 325 cm³/mol. The second kappa shape index (κ2) is 54.6. The summed E-state index contributed by atoms with van der Waals surface area (Å²) in [6.45, 7) is 4.01. The van der Waals surface area contributed by atoms with E-state index in [4.69, 9.17) is 18.5 Å². The molecular formula is C66H101NO8P+. The largest absolute Gasteiger partial charge is 0.472 e. The second-order valence-electron chi connectivity index (χ2n) is 18.8. The lowest BCUT2D eigenvalue weighted by molar-refractivity contribution is -0.870. The van der Waals surface area contributed by atoms with Crippen molar-refractivity contribution < 1.29 is 42.1 Å². The molecule has 1 N–H and O–H groups in total. The molecule has 0 aromatic heterocycles. The number of hydrogen-bond acceptors (Lipinski definition) is 7. The number of phosphoric ester groups is 1. The van der Waals surface area contributed by atoms with Gasteiger partial charge in [-0.1, -0.05) is 208 Å². The molecule has 2 unspecified atom stereocenters. The smallest absolute Gasteiger partial charge is 0.462 e. The summed E-state index contributed by atoms with van der Waals surface area (Å²) in [4.78, 5) is 35.6. The first-order chi connectivity index (χ1) is 37.0. The van der Waals surface area contributed by atoms with Gasteiger partial charge in [-0.05, 0) is 128 Å². The van der Waals surface area contributed by atoms with E-state index in [2.05, 4.69) is 196 Å². The van der Waals surface area contributed by atoms with Gasteiger partial charge in [0.2, 0.25) is 0 Å². The summed E-state index contributed by atoms with van der Waals surface area (Å²) in [6, 6.07) is 0. The third-order valence-electron chi connectivity index (χ3n) is 10.6. The number of ether oxygens (including phenoxy) is 2. The molecule has 9 nitrogen and oxygen atoms in total. The van der Waals surface area contributed by atoms with Gasteiger partial charge in [0, 0.05) is 12.8 Å². The minimum atomic E-state index is -4.43. The summed E-state index contributed by atoms with van der Waals surface area (Å²) in [5.74, 6) is -0.969. The number of nitrogens with zero attached hydrogens (tertiary/aromatic N) is 1. The van der Waals surface area contributed by atoms with E-state index in [1.54, 1.807) is 0 Å². The lowest BCUT2D eigenvalue weighted by Gasteiger charge is -2.24. The Balaban J connectivity index is 4.42. The number of unbranched alkanes of at least 4 members (excludes halogenated alkanes) is 2. The van der Waals surface area contributed by atoms with E-state index in [9.17, 15) is 19.0 Å². The van der Waals surface area contributed by atoms with E-state index in [0.29, 0.717) is 23.9 Å². The third-order valence-corrected chi connectivity index (χ3v) is 11.6. The SMILES string of the molecule is CC/C=C\C/C=C\C/C=C\C/C=C\C/C=C\C/C=C\C/C=C\C/C=C\C/C=C\C/C=C\CCCCC(=O)OC(COC(=O)CC/C=C\C/C=C\C/C=C\C/C=C\C/C=C\C/C=C\CC)COP(=O)(O)OCC[N+](C)(C)C. The highest BCUT2D eigenvalue weighted by molar-refractivity contribution is 7.47. The molecule has 0 heterocycles. The number of phosphoric acid groups is 1. The van der Waals surface area contributed by atoms with Crippen molar-refractivity contribution in [3.63, 3.8) is 0 Å². The van der Waals surface area contributed by atoms with E-state index >= 15 is 0 Å². The van der Waals surface area contributed by atoms with Crippen LogP contribution in [0.25, 0.3) is 0 Å². The zero-order valence-corrected chi connectivity index (χ0v) is 48.5. The van der Waals surface area contributed by atoms with Gasteiger partial charge in [-0.25, -0.2) is 4.57 Å². The van der Waals surface area contributed by atoms with Crippen LogP contribution in [0, 0.1) is 0 Å². The number of rotatable bonds is 48. The van der Waals surface area contributed by atoms with E-state index in [1.807, 2.05) is 33.3 Å². The first-order valence-corrected chi connectivity index (χ1v) is 29.7. The Kier molecular flexibility index (Phi) is 50.9. The molecule has 0 aliphatic rings. The van der Waals surface area contributed by atoms with Gasteiger partial charge in [-0.15, -0.1) is 0 Å². The third kappa shape index (κ3) is 58.1. The molecule has 0 spiro atoms. The fourth-order valence-corrected chi connectivity index (χ4v) is 7.10. The second-order valence-corrected chi connectivity index (χ2v) is 20.3. The van der Waals surface area contributed by atoms with E-state index in [0.717, 1.165) is 116 Å². The van der Waals surface area contributed by atoms with Crippen LogP contribution in [0.15, 0.2) is 194 Å². The van der Waals surface area contributed by atoms with Crippen LogP contribution >= 0.6 is 7.82 Å². The van der Waals surface area contributed by atoms with Crippen molar-refractivity contribution in [3.8, 4) is 0 Å². The van der Waals surface area contributed by atoms with Crippen molar-refractivity contribution in [1.29, 1.82) is 0 Å². The van der Waals surface area contributed by atoms with Gasteiger partial charge in [-0.2, -0.15) is 0 Å². The van der Waals surface area contributed by atoms with Crippen LogP contribution in [-0.2, 0) is 32.7 Å². The van der Waals surface area contributed by atoms with Crippen molar-refractivity contribution in [2.45, 2.75) is 161 Å². The van der Waals surface area contributed by atoms with Gasteiger partial charge in [0.1, 0.15) is 19.8 Å².